The first-order valence-corrected chi connectivity index (χ1v) is 4.07. The summed E-state index contributed by atoms with van der Waals surface area (Å²) in [7, 11) is 0. The van der Waals surface area contributed by atoms with Crippen LogP contribution in [0.25, 0.3) is 0 Å². The van der Waals surface area contributed by atoms with Gasteiger partial charge in [0.25, 0.3) is 0 Å². The maximum Gasteiger partial charge on any atom is 0.303 e. The number of allylic oxidation sites excluding steroid dienone is 1. The molecular formula is C10H12O2. The molecule has 0 N–H and O–H groups in total. The summed E-state index contributed by atoms with van der Waals surface area (Å²) in [6, 6.07) is 0. The number of hydrogen-bond acceptors (Lipinski definition) is 2. The monoisotopic (exact) mass is 164 g/mol. The smallest absolute Gasteiger partial charge is 0.303 e. The van der Waals surface area contributed by atoms with Gasteiger partial charge in [-0.1, -0.05) is 5.92 Å². The van der Waals surface area contributed by atoms with Crippen molar-refractivity contribution < 1.29 is 9.53 Å². The van der Waals surface area contributed by atoms with E-state index in [9.17, 15) is 4.79 Å². The molecule has 0 spiro atoms. The van der Waals surface area contributed by atoms with Crippen LogP contribution >= 0.6 is 0 Å². The van der Waals surface area contributed by atoms with Gasteiger partial charge in [-0.2, -0.15) is 0 Å². The third kappa shape index (κ3) is 2.43. The summed E-state index contributed by atoms with van der Waals surface area (Å²) in [6.07, 6.45) is 9.85. The van der Waals surface area contributed by atoms with Crippen molar-refractivity contribution in [3.05, 3.63) is 11.6 Å². The normalized spacial score (nSPS) is 22.3. The molecule has 2 heteroatoms. The van der Waals surface area contributed by atoms with E-state index in [4.69, 9.17) is 11.2 Å². The van der Waals surface area contributed by atoms with E-state index in [1.807, 2.05) is 6.08 Å². The van der Waals surface area contributed by atoms with Crippen LogP contribution in [0.2, 0.25) is 0 Å². The zero-order chi connectivity index (χ0) is 8.97. The second-order valence-electron chi connectivity index (χ2n) is 2.88. The molecule has 1 aliphatic carbocycles. The fraction of sp³-hybridized carbons (Fsp3) is 0.500. The Morgan fingerprint density at radius 2 is 2.58 bits per heavy atom. The van der Waals surface area contributed by atoms with Gasteiger partial charge in [0.2, 0.25) is 0 Å². The molecule has 2 nitrogen and oxygen atoms in total. The minimum atomic E-state index is -0.241. The summed E-state index contributed by atoms with van der Waals surface area (Å²) in [5.74, 6) is 2.34. The molecule has 64 valence electrons. The molecule has 0 radical (unpaired) electrons. The van der Waals surface area contributed by atoms with E-state index in [1.165, 1.54) is 6.92 Å². The molecule has 0 fully saturated rings. The van der Waals surface area contributed by atoms with Gasteiger partial charge >= 0.3 is 5.97 Å². The maximum atomic E-state index is 10.6. The van der Waals surface area contributed by atoms with Gasteiger partial charge in [0.1, 0.15) is 6.10 Å². The molecular weight excluding hydrogens is 152 g/mol. The molecule has 0 aliphatic heterocycles. The van der Waals surface area contributed by atoms with Crippen molar-refractivity contribution in [3.8, 4) is 12.3 Å². The third-order valence-electron chi connectivity index (χ3n) is 1.82. The Morgan fingerprint density at radius 1 is 1.83 bits per heavy atom. The molecule has 1 atom stereocenters. The lowest BCUT2D eigenvalue weighted by atomic mass is 9.98. The zero-order valence-electron chi connectivity index (χ0n) is 7.17. The predicted molar refractivity (Wildman–Crippen MR) is 46.3 cm³/mol. The number of carbonyl (C=O) groups is 1. The molecule has 1 unspecified atom stereocenters. The fourth-order valence-corrected chi connectivity index (χ4v) is 1.31. The number of hydrogen-bond donors (Lipinski definition) is 0. The molecule has 0 aromatic rings. The number of ether oxygens (including phenoxy) is 1. The molecule has 0 aromatic carbocycles. The molecule has 0 amide bonds. The highest BCUT2D eigenvalue weighted by Crippen LogP contribution is 2.19. The lowest BCUT2D eigenvalue weighted by molar-refractivity contribution is -0.144. The Morgan fingerprint density at radius 3 is 3.17 bits per heavy atom. The van der Waals surface area contributed by atoms with Crippen LogP contribution < -0.4 is 0 Å². The second-order valence-corrected chi connectivity index (χ2v) is 2.88. The molecule has 12 heavy (non-hydrogen) atoms. The molecule has 1 rings (SSSR count). The molecule has 0 saturated carbocycles. The van der Waals surface area contributed by atoms with Crippen molar-refractivity contribution in [1.29, 1.82) is 0 Å². The molecule has 0 bridgehead atoms. The summed E-state index contributed by atoms with van der Waals surface area (Å²) >= 11 is 0. The van der Waals surface area contributed by atoms with Crippen LogP contribution in [0.5, 0.6) is 0 Å². The van der Waals surface area contributed by atoms with Gasteiger partial charge in [-0.25, -0.2) is 0 Å². The van der Waals surface area contributed by atoms with Gasteiger partial charge in [0.05, 0.1) is 0 Å². The van der Waals surface area contributed by atoms with Crippen LogP contribution in [-0.2, 0) is 9.53 Å². The summed E-state index contributed by atoms with van der Waals surface area (Å²) in [4.78, 5) is 10.6. The van der Waals surface area contributed by atoms with E-state index in [2.05, 4.69) is 5.92 Å². The van der Waals surface area contributed by atoms with Gasteiger partial charge < -0.3 is 4.74 Å². The van der Waals surface area contributed by atoms with Crippen LogP contribution in [0.4, 0.5) is 0 Å². The number of rotatable bonds is 1. The minimum absolute atomic E-state index is 0.0951. The van der Waals surface area contributed by atoms with Crippen molar-refractivity contribution in [1.82, 2.24) is 0 Å². The average Bonchev–Trinajstić information content (AvgIpc) is 2.03. The quantitative estimate of drug-likeness (QED) is 0.435. The van der Waals surface area contributed by atoms with Crippen LogP contribution in [-0.4, -0.2) is 12.1 Å². The number of esters is 1. The van der Waals surface area contributed by atoms with Gasteiger partial charge in [-0.15, -0.1) is 6.42 Å². The number of carbonyl (C=O) groups excluding carboxylic acids is 1. The van der Waals surface area contributed by atoms with Crippen molar-refractivity contribution >= 4 is 5.97 Å². The first-order chi connectivity index (χ1) is 5.72. The lowest BCUT2D eigenvalue weighted by Crippen LogP contribution is -2.17. The predicted octanol–water partition coefficient (Wildman–Crippen LogP) is 1.66. The molecule has 0 saturated heterocycles. The van der Waals surface area contributed by atoms with Crippen LogP contribution in [0.3, 0.4) is 0 Å². The van der Waals surface area contributed by atoms with Crippen LogP contribution in [0.15, 0.2) is 11.6 Å². The van der Waals surface area contributed by atoms with Gasteiger partial charge in [0, 0.05) is 12.5 Å². The minimum Gasteiger partial charge on any atom is -0.458 e. The first-order valence-electron chi connectivity index (χ1n) is 4.07. The van der Waals surface area contributed by atoms with E-state index in [-0.39, 0.29) is 12.1 Å². The third-order valence-corrected chi connectivity index (χ3v) is 1.82. The van der Waals surface area contributed by atoms with Crippen LogP contribution in [0.1, 0.15) is 26.2 Å². The van der Waals surface area contributed by atoms with E-state index < -0.39 is 0 Å². The van der Waals surface area contributed by atoms with Gasteiger partial charge in [0.15, 0.2) is 0 Å². The summed E-state index contributed by atoms with van der Waals surface area (Å²) in [6.45, 7) is 1.41. The van der Waals surface area contributed by atoms with Crippen molar-refractivity contribution in [2.24, 2.45) is 0 Å². The largest absolute Gasteiger partial charge is 0.458 e. The Balaban J connectivity index is 2.56. The highest BCUT2D eigenvalue weighted by molar-refractivity contribution is 5.66. The maximum absolute atomic E-state index is 10.6. The Kier molecular flexibility index (Phi) is 2.93. The summed E-state index contributed by atoms with van der Waals surface area (Å²) in [5.41, 5.74) is 0.951. The zero-order valence-corrected chi connectivity index (χ0v) is 7.17. The Bertz CT molecular complexity index is 245. The Labute approximate surface area is 72.6 Å². The van der Waals surface area contributed by atoms with Crippen LogP contribution in [0, 0.1) is 12.3 Å². The Hall–Kier alpha value is -1.23. The van der Waals surface area contributed by atoms with Gasteiger partial charge in [-0.05, 0) is 25.3 Å². The lowest BCUT2D eigenvalue weighted by Gasteiger charge is -2.18. The van der Waals surface area contributed by atoms with Crippen molar-refractivity contribution in [2.45, 2.75) is 32.3 Å². The highest BCUT2D eigenvalue weighted by Gasteiger charge is 2.14. The standard InChI is InChI=1S/C10H12O2/c1-3-9-5-4-6-10(7-9)12-8(2)11/h1,7,10H,4-6H2,2H3. The van der Waals surface area contributed by atoms with Gasteiger partial charge in [-0.3, -0.25) is 4.79 Å². The summed E-state index contributed by atoms with van der Waals surface area (Å²) < 4.78 is 5.01. The van der Waals surface area contributed by atoms with Crippen molar-refractivity contribution in [3.63, 3.8) is 0 Å². The second kappa shape index (κ2) is 3.96. The van der Waals surface area contributed by atoms with Crippen molar-refractivity contribution in [2.75, 3.05) is 0 Å². The van der Waals surface area contributed by atoms with E-state index >= 15 is 0 Å². The van der Waals surface area contributed by atoms with E-state index in [1.54, 1.807) is 0 Å². The first kappa shape index (κ1) is 8.86. The highest BCUT2D eigenvalue weighted by atomic mass is 16.5. The topological polar surface area (TPSA) is 26.3 Å². The van der Waals surface area contributed by atoms with E-state index in [0.29, 0.717) is 0 Å². The fourth-order valence-electron chi connectivity index (χ4n) is 1.31. The summed E-state index contributed by atoms with van der Waals surface area (Å²) in [5, 5.41) is 0. The molecule has 1 aliphatic rings. The molecule has 0 heterocycles. The van der Waals surface area contributed by atoms with E-state index in [0.717, 1.165) is 24.8 Å². The number of terminal acetylenes is 1. The average molecular weight is 164 g/mol. The SMILES string of the molecule is C#CC1=CC(OC(C)=O)CCC1. The molecule has 0 aromatic heterocycles.